The molecule has 0 spiro atoms. The largest absolute Gasteiger partial charge is 0.444 e. The van der Waals surface area contributed by atoms with Gasteiger partial charge in [-0.2, -0.15) is 13.2 Å². The Labute approximate surface area is 179 Å². The molecular formula is C23H23F3N2O3. The molecule has 3 rings (SSSR count). The Kier molecular flexibility index (Phi) is 6.44. The molecule has 164 valence electrons. The van der Waals surface area contributed by atoms with Crippen LogP contribution in [0.5, 0.6) is 11.6 Å². The zero-order valence-electron chi connectivity index (χ0n) is 17.5. The van der Waals surface area contributed by atoms with Crippen LogP contribution in [0.25, 0.3) is 0 Å². The number of pyridine rings is 1. The predicted molar refractivity (Wildman–Crippen MR) is 109 cm³/mol. The molecule has 5 nitrogen and oxygen atoms in total. The third-order valence-corrected chi connectivity index (χ3v) is 4.32. The number of halogens is 3. The van der Waals surface area contributed by atoms with E-state index in [0.717, 1.165) is 17.8 Å². The molecule has 0 unspecified atom stereocenters. The van der Waals surface area contributed by atoms with Gasteiger partial charge in [0.05, 0.1) is 11.5 Å². The molecule has 0 radical (unpaired) electrons. The average Bonchev–Trinajstić information content (AvgIpc) is 2.62. The molecule has 1 fully saturated rings. The third kappa shape index (κ3) is 6.64. The van der Waals surface area contributed by atoms with E-state index in [1.165, 1.54) is 6.07 Å². The van der Waals surface area contributed by atoms with Crippen molar-refractivity contribution in [3.05, 3.63) is 53.7 Å². The molecule has 1 aromatic heterocycles. The highest BCUT2D eigenvalue weighted by Gasteiger charge is 2.32. The van der Waals surface area contributed by atoms with Gasteiger partial charge in [-0.1, -0.05) is 24.0 Å². The van der Waals surface area contributed by atoms with E-state index in [0.29, 0.717) is 25.3 Å². The average molecular weight is 432 g/mol. The first-order valence-electron chi connectivity index (χ1n) is 9.76. The smallest absolute Gasteiger partial charge is 0.417 e. The topological polar surface area (TPSA) is 51.7 Å². The summed E-state index contributed by atoms with van der Waals surface area (Å²) in [6.45, 7) is 6.57. The molecule has 1 aliphatic rings. The predicted octanol–water partition coefficient (Wildman–Crippen LogP) is 5.31. The lowest BCUT2D eigenvalue weighted by Gasteiger charge is -2.37. The summed E-state index contributed by atoms with van der Waals surface area (Å²) in [5.41, 5.74) is -0.443. The molecule has 0 N–H and O–H groups in total. The highest BCUT2D eigenvalue weighted by atomic mass is 19.4. The van der Waals surface area contributed by atoms with Gasteiger partial charge in [0.2, 0.25) is 5.88 Å². The van der Waals surface area contributed by atoms with Crippen molar-refractivity contribution in [2.24, 2.45) is 5.92 Å². The number of amides is 1. The van der Waals surface area contributed by atoms with Crippen LogP contribution in [-0.2, 0) is 17.3 Å². The zero-order valence-corrected chi connectivity index (χ0v) is 17.5. The summed E-state index contributed by atoms with van der Waals surface area (Å²) < 4.78 is 48.7. The second-order valence-electron chi connectivity index (χ2n) is 8.21. The van der Waals surface area contributed by atoms with Gasteiger partial charge in [-0.05, 0) is 44.5 Å². The van der Waals surface area contributed by atoms with E-state index in [4.69, 9.17) is 9.47 Å². The molecule has 1 aliphatic heterocycles. The summed E-state index contributed by atoms with van der Waals surface area (Å²) in [5.74, 6) is 6.90. The van der Waals surface area contributed by atoms with Crippen molar-refractivity contribution < 1.29 is 27.4 Å². The first-order chi connectivity index (χ1) is 14.5. The molecule has 31 heavy (non-hydrogen) atoms. The summed E-state index contributed by atoms with van der Waals surface area (Å²) >= 11 is 0. The van der Waals surface area contributed by atoms with Crippen LogP contribution in [-0.4, -0.2) is 34.7 Å². The summed E-state index contributed by atoms with van der Waals surface area (Å²) in [7, 11) is 0. The SMILES string of the molecule is CC(C)(C)OC(=O)N1CC(C#CCc2cccc(Oc3ccc(C(F)(F)F)cn3)c2)C1. The summed E-state index contributed by atoms with van der Waals surface area (Å²) in [5, 5.41) is 0. The van der Waals surface area contributed by atoms with Crippen LogP contribution in [0.3, 0.4) is 0 Å². The first kappa shape index (κ1) is 22.5. The number of rotatable bonds is 3. The van der Waals surface area contributed by atoms with Gasteiger partial charge in [-0.3, -0.25) is 0 Å². The van der Waals surface area contributed by atoms with E-state index in [1.54, 1.807) is 23.1 Å². The van der Waals surface area contributed by atoms with E-state index in [1.807, 2.05) is 26.8 Å². The van der Waals surface area contributed by atoms with Gasteiger partial charge in [0, 0.05) is 31.8 Å². The molecule has 1 amide bonds. The van der Waals surface area contributed by atoms with Crippen molar-refractivity contribution in [2.45, 2.75) is 39.0 Å². The number of likely N-dealkylation sites (tertiary alicyclic amines) is 1. The van der Waals surface area contributed by atoms with Crippen LogP contribution in [0.4, 0.5) is 18.0 Å². The number of carbonyl (C=O) groups excluding carboxylic acids is 1. The minimum Gasteiger partial charge on any atom is -0.444 e. The molecule has 0 saturated carbocycles. The standard InChI is InChI=1S/C23H23F3N2O3/c1-22(2,3)31-21(29)28-14-17(15-28)8-4-6-16-7-5-9-19(12-16)30-20-11-10-18(13-27-20)23(24,25)26/h5,7,9-13,17H,6,14-15H2,1-3H3. The van der Waals surface area contributed by atoms with Gasteiger partial charge in [-0.25, -0.2) is 9.78 Å². The number of nitrogens with zero attached hydrogens (tertiary/aromatic N) is 2. The molecule has 1 saturated heterocycles. The Morgan fingerprint density at radius 2 is 1.94 bits per heavy atom. The van der Waals surface area contributed by atoms with E-state index >= 15 is 0 Å². The van der Waals surface area contributed by atoms with Gasteiger partial charge in [-0.15, -0.1) is 0 Å². The van der Waals surface area contributed by atoms with Crippen LogP contribution < -0.4 is 4.74 Å². The Morgan fingerprint density at radius 3 is 2.55 bits per heavy atom. The number of aromatic nitrogens is 1. The number of benzene rings is 1. The molecule has 0 atom stereocenters. The molecule has 2 heterocycles. The normalized spacial score (nSPS) is 14.3. The number of carbonyl (C=O) groups is 1. The highest BCUT2D eigenvalue weighted by Crippen LogP contribution is 2.30. The van der Waals surface area contributed by atoms with Crippen molar-refractivity contribution in [3.8, 4) is 23.5 Å². The second-order valence-corrected chi connectivity index (χ2v) is 8.21. The van der Waals surface area contributed by atoms with E-state index in [-0.39, 0.29) is 17.9 Å². The molecule has 0 bridgehead atoms. The van der Waals surface area contributed by atoms with Gasteiger partial charge in [0.1, 0.15) is 11.4 Å². The van der Waals surface area contributed by atoms with Crippen LogP contribution >= 0.6 is 0 Å². The maximum atomic E-state index is 12.6. The maximum absolute atomic E-state index is 12.6. The lowest BCUT2D eigenvalue weighted by molar-refractivity contribution is -0.137. The van der Waals surface area contributed by atoms with Gasteiger partial charge in [0.25, 0.3) is 0 Å². The number of hydrogen-bond donors (Lipinski definition) is 0. The van der Waals surface area contributed by atoms with Gasteiger partial charge in [0.15, 0.2) is 0 Å². The minimum absolute atomic E-state index is 0.0768. The fourth-order valence-corrected chi connectivity index (χ4v) is 2.79. The van der Waals surface area contributed by atoms with Crippen molar-refractivity contribution in [2.75, 3.05) is 13.1 Å². The van der Waals surface area contributed by atoms with Crippen molar-refractivity contribution >= 4 is 6.09 Å². The number of alkyl halides is 3. The van der Waals surface area contributed by atoms with Crippen molar-refractivity contribution in [1.29, 1.82) is 0 Å². The van der Waals surface area contributed by atoms with Gasteiger partial charge < -0.3 is 14.4 Å². The lowest BCUT2D eigenvalue weighted by Crippen LogP contribution is -2.51. The van der Waals surface area contributed by atoms with Crippen LogP contribution in [0.2, 0.25) is 0 Å². The molecule has 8 heteroatoms. The summed E-state index contributed by atoms with van der Waals surface area (Å²) in [4.78, 5) is 17.2. The third-order valence-electron chi connectivity index (χ3n) is 4.32. The summed E-state index contributed by atoms with van der Waals surface area (Å²) in [6, 6.07) is 9.24. The van der Waals surface area contributed by atoms with Crippen molar-refractivity contribution in [3.63, 3.8) is 0 Å². The number of hydrogen-bond acceptors (Lipinski definition) is 4. The van der Waals surface area contributed by atoms with Crippen LogP contribution in [0.15, 0.2) is 42.6 Å². The fourth-order valence-electron chi connectivity index (χ4n) is 2.79. The van der Waals surface area contributed by atoms with Gasteiger partial charge >= 0.3 is 12.3 Å². The monoisotopic (exact) mass is 432 g/mol. The van der Waals surface area contributed by atoms with E-state index in [9.17, 15) is 18.0 Å². The van der Waals surface area contributed by atoms with Crippen molar-refractivity contribution in [1.82, 2.24) is 9.88 Å². The molecular weight excluding hydrogens is 409 g/mol. The summed E-state index contributed by atoms with van der Waals surface area (Å²) in [6.07, 6.45) is -3.54. The molecule has 0 aliphatic carbocycles. The fraction of sp³-hybridized carbons (Fsp3) is 0.391. The van der Waals surface area contributed by atoms with Crippen LogP contribution in [0, 0.1) is 17.8 Å². The van der Waals surface area contributed by atoms with E-state index < -0.39 is 17.3 Å². The number of ether oxygens (including phenoxy) is 2. The first-order valence-corrected chi connectivity index (χ1v) is 9.76. The Morgan fingerprint density at radius 1 is 1.19 bits per heavy atom. The Hall–Kier alpha value is -3.21. The maximum Gasteiger partial charge on any atom is 0.417 e. The molecule has 1 aromatic carbocycles. The van der Waals surface area contributed by atoms with E-state index in [2.05, 4.69) is 16.8 Å². The lowest BCUT2D eigenvalue weighted by atomic mass is 10.0. The Balaban J connectivity index is 1.50. The molecule has 2 aromatic rings. The Bertz CT molecular complexity index is 980. The zero-order chi connectivity index (χ0) is 22.6. The second kappa shape index (κ2) is 8.88. The minimum atomic E-state index is -4.44. The highest BCUT2D eigenvalue weighted by molar-refractivity contribution is 5.69. The van der Waals surface area contributed by atoms with Crippen LogP contribution in [0.1, 0.15) is 31.9 Å². The quantitative estimate of drug-likeness (QED) is 0.618.